The molecule has 0 atom stereocenters. The van der Waals surface area contributed by atoms with E-state index in [1.165, 1.54) is 0 Å². The Kier molecular flexibility index (Phi) is 8.53. The van der Waals surface area contributed by atoms with Gasteiger partial charge in [-0.25, -0.2) is 4.98 Å². The Hall–Kier alpha value is -3.27. The Balaban J connectivity index is 2.08. The molecule has 3 rings (SSSR count). The maximum absolute atomic E-state index is 9.43. The molecule has 0 bridgehead atoms. The third-order valence-electron chi connectivity index (χ3n) is 5.45. The third-order valence-corrected chi connectivity index (χ3v) is 5.45. The molecular weight excluding hydrogens is 420 g/mol. The van der Waals surface area contributed by atoms with E-state index in [1.807, 2.05) is 72.2 Å². The maximum Gasteiger partial charge on any atom is 0.0915 e. The fourth-order valence-electron chi connectivity index (χ4n) is 3.43. The summed E-state index contributed by atoms with van der Waals surface area (Å²) in [6.45, 7) is 1.65. The van der Waals surface area contributed by atoms with Crippen LogP contribution in [0.2, 0.25) is 0 Å². The SMILES string of the molecule is CN(CCO)c1ccnc(-c2cc(N(C)CCO)cc(-c3cc(N(C)CCO)ccn3)n2)c1. The first-order chi connectivity index (χ1) is 16.0. The van der Waals surface area contributed by atoms with Crippen molar-refractivity contribution in [1.29, 1.82) is 0 Å². The lowest BCUT2D eigenvalue weighted by Crippen LogP contribution is -2.22. The van der Waals surface area contributed by atoms with E-state index in [0.29, 0.717) is 42.4 Å². The average Bonchev–Trinajstić information content (AvgIpc) is 2.84. The van der Waals surface area contributed by atoms with Crippen molar-refractivity contribution in [3.8, 4) is 22.8 Å². The Labute approximate surface area is 194 Å². The van der Waals surface area contributed by atoms with Gasteiger partial charge in [-0.05, 0) is 36.4 Å². The standard InChI is InChI=1S/C24H32N6O3/c1-28(8-11-31)18-4-6-25-21(14-18)23-16-20(30(3)10-13-33)17-24(27-23)22-15-19(5-7-26-22)29(2)9-12-32/h4-7,14-17,31-33H,8-13H2,1-3H3. The lowest BCUT2D eigenvalue weighted by Gasteiger charge is -2.21. The highest BCUT2D eigenvalue weighted by Crippen LogP contribution is 2.29. The molecule has 176 valence electrons. The Morgan fingerprint density at radius 3 is 1.33 bits per heavy atom. The van der Waals surface area contributed by atoms with Gasteiger partial charge in [-0.15, -0.1) is 0 Å². The second-order valence-electron chi connectivity index (χ2n) is 7.83. The highest BCUT2D eigenvalue weighted by Gasteiger charge is 2.14. The molecule has 3 aromatic rings. The Morgan fingerprint density at radius 2 is 0.939 bits per heavy atom. The van der Waals surface area contributed by atoms with E-state index in [9.17, 15) is 15.3 Å². The zero-order valence-electron chi connectivity index (χ0n) is 19.4. The van der Waals surface area contributed by atoms with Crippen LogP contribution in [0.3, 0.4) is 0 Å². The summed E-state index contributed by atoms with van der Waals surface area (Å²) >= 11 is 0. The Morgan fingerprint density at radius 1 is 0.576 bits per heavy atom. The van der Waals surface area contributed by atoms with Crippen molar-refractivity contribution in [3.63, 3.8) is 0 Å². The van der Waals surface area contributed by atoms with Crippen molar-refractivity contribution in [1.82, 2.24) is 15.0 Å². The predicted octanol–water partition coefficient (Wildman–Crippen LogP) is 1.49. The van der Waals surface area contributed by atoms with Crippen LogP contribution in [0.4, 0.5) is 17.1 Å². The van der Waals surface area contributed by atoms with Gasteiger partial charge in [0.1, 0.15) is 0 Å². The first-order valence-corrected chi connectivity index (χ1v) is 10.9. The topological polar surface area (TPSA) is 109 Å². The highest BCUT2D eigenvalue weighted by molar-refractivity contribution is 5.72. The van der Waals surface area contributed by atoms with E-state index in [0.717, 1.165) is 17.1 Å². The minimum absolute atomic E-state index is 0.0306. The fourth-order valence-corrected chi connectivity index (χ4v) is 3.43. The summed E-state index contributed by atoms with van der Waals surface area (Å²) in [6, 6.07) is 11.6. The summed E-state index contributed by atoms with van der Waals surface area (Å²) in [5.74, 6) is 0. The van der Waals surface area contributed by atoms with Crippen molar-refractivity contribution < 1.29 is 15.3 Å². The van der Waals surface area contributed by atoms with Gasteiger partial charge in [-0.3, -0.25) is 9.97 Å². The number of rotatable bonds is 11. The summed E-state index contributed by atoms with van der Waals surface area (Å²) in [4.78, 5) is 19.8. The monoisotopic (exact) mass is 452 g/mol. The van der Waals surface area contributed by atoms with E-state index in [2.05, 4.69) is 9.97 Å². The molecule has 33 heavy (non-hydrogen) atoms. The second kappa shape index (κ2) is 11.6. The number of hydrogen-bond donors (Lipinski definition) is 3. The minimum atomic E-state index is 0.0306. The molecule has 9 nitrogen and oxygen atoms in total. The van der Waals surface area contributed by atoms with Crippen LogP contribution in [-0.4, -0.2) is 90.9 Å². The maximum atomic E-state index is 9.43. The molecule has 0 amide bonds. The minimum Gasteiger partial charge on any atom is -0.395 e. The van der Waals surface area contributed by atoms with E-state index in [4.69, 9.17) is 4.98 Å². The normalized spacial score (nSPS) is 10.8. The first kappa shape index (κ1) is 24.4. The number of aliphatic hydroxyl groups is 3. The van der Waals surface area contributed by atoms with Crippen LogP contribution in [0.15, 0.2) is 48.8 Å². The molecule has 0 aliphatic carbocycles. The molecule has 3 heterocycles. The van der Waals surface area contributed by atoms with Crippen LogP contribution < -0.4 is 14.7 Å². The van der Waals surface area contributed by atoms with Crippen molar-refractivity contribution in [3.05, 3.63) is 48.8 Å². The molecule has 0 saturated heterocycles. The first-order valence-electron chi connectivity index (χ1n) is 10.9. The van der Waals surface area contributed by atoms with Gasteiger partial charge < -0.3 is 30.0 Å². The zero-order valence-corrected chi connectivity index (χ0v) is 19.4. The number of nitrogens with zero attached hydrogens (tertiary/aromatic N) is 6. The van der Waals surface area contributed by atoms with Crippen molar-refractivity contribution >= 4 is 17.1 Å². The molecule has 0 radical (unpaired) electrons. The summed E-state index contributed by atoms with van der Waals surface area (Å²) in [7, 11) is 5.74. The fraction of sp³-hybridized carbons (Fsp3) is 0.375. The molecular formula is C24H32N6O3. The number of pyridine rings is 3. The van der Waals surface area contributed by atoms with E-state index in [1.54, 1.807) is 12.4 Å². The van der Waals surface area contributed by atoms with Gasteiger partial charge in [-0.2, -0.15) is 0 Å². The third kappa shape index (κ3) is 6.16. The van der Waals surface area contributed by atoms with Crippen molar-refractivity contribution in [2.24, 2.45) is 0 Å². The molecule has 0 aliphatic rings. The molecule has 0 unspecified atom stereocenters. The summed E-state index contributed by atoms with van der Waals surface area (Å²) in [5.41, 5.74) is 5.51. The quantitative estimate of drug-likeness (QED) is 0.399. The van der Waals surface area contributed by atoms with E-state index >= 15 is 0 Å². The molecule has 3 N–H and O–H groups in total. The summed E-state index contributed by atoms with van der Waals surface area (Å²) in [5, 5.41) is 28.0. The van der Waals surface area contributed by atoms with E-state index < -0.39 is 0 Å². The molecule has 0 aromatic carbocycles. The number of hydrogen-bond acceptors (Lipinski definition) is 9. The van der Waals surface area contributed by atoms with Gasteiger partial charge in [0.15, 0.2) is 0 Å². The van der Waals surface area contributed by atoms with Crippen LogP contribution in [0.1, 0.15) is 0 Å². The number of anilines is 3. The number of aliphatic hydroxyl groups excluding tert-OH is 3. The Bertz CT molecular complexity index is 974. The number of aromatic nitrogens is 3. The van der Waals surface area contributed by atoms with Gasteiger partial charge in [0, 0.05) is 70.2 Å². The van der Waals surface area contributed by atoms with Crippen molar-refractivity contribution in [2.45, 2.75) is 0 Å². The van der Waals surface area contributed by atoms with E-state index in [-0.39, 0.29) is 19.8 Å². The molecule has 0 aliphatic heterocycles. The van der Waals surface area contributed by atoms with Crippen molar-refractivity contribution in [2.75, 3.05) is 75.3 Å². The van der Waals surface area contributed by atoms with Gasteiger partial charge in [0.25, 0.3) is 0 Å². The predicted molar refractivity (Wildman–Crippen MR) is 132 cm³/mol. The lowest BCUT2D eigenvalue weighted by atomic mass is 10.1. The van der Waals surface area contributed by atoms with Gasteiger partial charge >= 0.3 is 0 Å². The van der Waals surface area contributed by atoms with Crippen LogP contribution >= 0.6 is 0 Å². The molecule has 0 spiro atoms. The van der Waals surface area contributed by atoms with Crippen LogP contribution in [-0.2, 0) is 0 Å². The van der Waals surface area contributed by atoms with Gasteiger partial charge in [-0.1, -0.05) is 0 Å². The summed E-state index contributed by atoms with van der Waals surface area (Å²) < 4.78 is 0. The van der Waals surface area contributed by atoms with Crippen LogP contribution in [0, 0.1) is 0 Å². The number of likely N-dealkylation sites (N-methyl/N-ethyl adjacent to an activating group) is 3. The molecule has 0 fully saturated rings. The molecule has 0 saturated carbocycles. The lowest BCUT2D eigenvalue weighted by molar-refractivity contribution is 0.303. The van der Waals surface area contributed by atoms with Gasteiger partial charge in [0.2, 0.25) is 0 Å². The van der Waals surface area contributed by atoms with Gasteiger partial charge in [0.05, 0.1) is 42.6 Å². The average molecular weight is 453 g/mol. The highest BCUT2D eigenvalue weighted by atomic mass is 16.3. The smallest absolute Gasteiger partial charge is 0.0915 e. The summed E-state index contributed by atoms with van der Waals surface area (Å²) in [6.07, 6.45) is 3.46. The zero-order chi connectivity index (χ0) is 23.8. The molecule has 3 aromatic heterocycles. The van der Waals surface area contributed by atoms with Crippen LogP contribution in [0.25, 0.3) is 22.8 Å². The molecule has 9 heteroatoms. The largest absolute Gasteiger partial charge is 0.395 e. The van der Waals surface area contributed by atoms with Crippen LogP contribution in [0.5, 0.6) is 0 Å². The second-order valence-corrected chi connectivity index (χ2v) is 7.83.